The number of alkyl halides is 1. The highest BCUT2D eigenvalue weighted by Gasteiger charge is 2.15. The van der Waals surface area contributed by atoms with E-state index >= 15 is 0 Å². The minimum absolute atomic E-state index is 0.742. The summed E-state index contributed by atoms with van der Waals surface area (Å²) in [6.45, 7) is 8.72. The third kappa shape index (κ3) is 4.21. The Bertz CT molecular complexity index is 342. The summed E-state index contributed by atoms with van der Waals surface area (Å²) < 4.78 is 0. The van der Waals surface area contributed by atoms with Crippen LogP contribution in [0.3, 0.4) is 0 Å². The maximum absolute atomic E-state index is 5.79. The van der Waals surface area contributed by atoms with Crippen LogP contribution in [-0.4, -0.2) is 53.4 Å². The van der Waals surface area contributed by atoms with E-state index in [0.29, 0.717) is 0 Å². The third-order valence-corrected chi connectivity index (χ3v) is 4.23. The molecule has 1 aliphatic rings. The van der Waals surface area contributed by atoms with Crippen molar-refractivity contribution in [3.8, 4) is 0 Å². The summed E-state index contributed by atoms with van der Waals surface area (Å²) in [5.41, 5.74) is 1.14. The monoisotopic (exact) mass is 273 g/mol. The van der Waals surface area contributed by atoms with Gasteiger partial charge in [-0.05, 0) is 26.4 Å². The van der Waals surface area contributed by atoms with Crippen LogP contribution in [0.15, 0.2) is 5.38 Å². The maximum atomic E-state index is 5.79. The molecule has 0 N–H and O–H groups in total. The topological polar surface area (TPSA) is 19.4 Å². The lowest BCUT2D eigenvalue weighted by atomic mass is 10.4. The van der Waals surface area contributed by atoms with Gasteiger partial charge in [-0.3, -0.25) is 4.90 Å². The summed E-state index contributed by atoms with van der Waals surface area (Å²) in [5.74, 6) is 0.742. The lowest BCUT2D eigenvalue weighted by Gasteiger charge is -2.20. The van der Waals surface area contributed by atoms with Gasteiger partial charge >= 0.3 is 0 Å². The van der Waals surface area contributed by atoms with Gasteiger partial charge in [0, 0.05) is 36.6 Å². The smallest absolute Gasteiger partial charge is 0.107 e. The second kappa shape index (κ2) is 6.69. The van der Waals surface area contributed by atoms with Crippen LogP contribution in [0, 0.1) is 6.92 Å². The molecular formula is C12H20ClN3S. The van der Waals surface area contributed by atoms with Crippen LogP contribution in [0.25, 0.3) is 0 Å². The van der Waals surface area contributed by atoms with Crippen molar-refractivity contribution in [1.82, 2.24) is 14.8 Å². The largest absolute Gasteiger partial charge is 0.301 e. The molecule has 1 aliphatic heterocycles. The second-order valence-electron chi connectivity index (χ2n) is 4.54. The lowest BCUT2D eigenvalue weighted by Crippen LogP contribution is -2.31. The first-order valence-electron chi connectivity index (χ1n) is 6.19. The molecule has 0 bridgehead atoms. The number of aryl methyl sites for hydroxylation is 1. The zero-order valence-electron chi connectivity index (χ0n) is 10.4. The van der Waals surface area contributed by atoms with Gasteiger partial charge in [0.2, 0.25) is 0 Å². The lowest BCUT2D eigenvalue weighted by molar-refractivity contribution is 0.258. The summed E-state index contributed by atoms with van der Waals surface area (Å²) in [4.78, 5) is 9.50. The average molecular weight is 274 g/mol. The highest BCUT2D eigenvalue weighted by atomic mass is 35.5. The van der Waals surface area contributed by atoms with E-state index in [1.807, 2.05) is 0 Å². The van der Waals surface area contributed by atoms with E-state index < -0.39 is 0 Å². The molecule has 0 saturated carbocycles. The van der Waals surface area contributed by atoms with Crippen LogP contribution in [-0.2, 0) is 6.54 Å². The molecule has 0 amide bonds. The van der Waals surface area contributed by atoms with Crippen LogP contribution >= 0.6 is 22.9 Å². The molecular weight excluding hydrogens is 254 g/mol. The summed E-state index contributed by atoms with van der Waals surface area (Å²) in [6.07, 6.45) is 1.24. The van der Waals surface area contributed by atoms with Crippen molar-refractivity contribution in [2.45, 2.75) is 19.9 Å². The van der Waals surface area contributed by atoms with Gasteiger partial charge in [0.05, 0.1) is 6.54 Å². The number of aromatic nitrogens is 1. The molecule has 1 aromatic rings. The molecule has 0 unspecified atom stereocenters. The maximum Gasteiger partial charge on any atom is 0.107 e. The third-order valence-electron chi connectivity index (χ3n) is 3.11. The number of hydrogen-bond acceptors (Lipinski definition) is 4. The SMILES string of the molecule is Cc1csc(CN2CCCN(CCCl)CC2)n1. The minimum Gasteiger partial charge on any atom is -0.301 e. The van der Waals surface area contributed by atoms with E-state index in [4.69, 9.17) is 11.6 Å². The molecule has 1 fully saturated rings. The van der Waals surface area contributed by atoms with E-state index in [2.05, 4.69) is 27.1 Å². The molecule has 1 saturated heterocycles. The van der Waals surface area contributed by atoms with Crippen LogP contribution < -0.4 is 0 Å². The Kier molecular flexibility index (Phi) is 5.22. The number of thiazole rings is 1. The minimum atomic E-state index is 0.742. The first-order valence-corrected chi connectivity index (χ1v) is 7.61. The standard InChI is InChI=1S/C12H20ClN3S/c1-11-10-17-12(14-11)9-16-5-2-4-15(6-3-13)7-8-16/h10H,2-9H2,1H3. The average Bonchev–Trinajstić information content (AvgIpc) is 2.58. The molecule has 0 aliphatic carbocycles. The molecule has 0 aromatic carbocycles. The van der Waals surface area contributed by atoms with E-state index in [-0.39, 0.29) is 0 Å². The van der Waals surface area contributed by atoms with Gasteiger partial charge in [0.15, 0.2) is 0 Å². The van der Waals surface area contributed by atoms with Crippen LogP contribution in [0.1, 0.15) is 17.1 Å². The fraction of sp³-hybridized carbons (Fsp3) is 0.750. The summed E-state index contributed by atoms with van der Waals surface area (Å²) >= 11 is 7.57. The molecule has 0 atom stereocenters. The quantitative estimate of drug-likeness (QED) is 0.784. The van der Waals surface area contributed by atoms with Crippen molar-refractivity contribution in [1.29, 1.82) is 0 Å². The van der Waals surface area contributed by atoms with E-state index in [9.17, 15) is 0 Å². The first-order chi connectivity index (χ1) is 8.28. The Hall–Kier alpha value is -0.160. The van der Waals surface area contributed by atoms with Gasteiger partial charge < -0.3 is 4.90 Å². The Morgan fingerprint density at radius 1 is 1.29 bits per heavy atom. The summed E-state index contributed by atoms with van der Waals surface area (Å²) in [5, 5.41) is 3.38. The zero-order chi connectivity index (χ0) is 12.1. The molecule has 17 heavy (non-hydrogen) atoms. The van der Waals surface area contributed by atoms with E-state index in [1.54, 1.807) is 11.3 Å². The van der Waals surface area contributed by atoms with Crippen LogP contribution in [0.2, 0.25) is 0 Å². The van der Waals surface area contributed by atoms with E-state index in [0.717, 1.165) is 37.8 Å². The van der Waals surface area contributed by atoms with Crippen molar-refractivity contribution in [3.05, 3.63) is 16.1 Å². The highest BCUT2D eigenvalue weighted by molar-refractivity contribution is 7.09. The van der Waals surface area contributed by atoms with Crippen LogP contribution in [0.4, 0.5) is 0 Å². The first kappa shape index (κ1) is 13.3. The zero-order valence-corrected chi connectivity index (χ0v) is 11.9. The number of rotatable bonds is 4. The molecule has 3 nitrogen and oxygen atoms in total. The molecule has 2 rings (SSSR count). The van der Waals surface area contributed by atoms with Crippen molar-refractivity contribution in [2.75, 3.05) is 38.6 Å². The molecule has 2 heterocycles. The Morgan fingerprint density at radius 2 is 2.06 bits per heavy atom. The Morgan fingerprint density at radius 3 is 2.76 bits per heavy atom. The van der Waals surface area contributed by atoms with Crippen molar-refractivity contribution >= 4 is 22.9 Å². The van der Waals surface area contributed by atoms with E-state index in [1.165, 1.54) is 24.5 Å². The van der Waals surface area contributed by atoms with Crippen LogP contribution in [0.5, 0.6) is 0 Å². The normalized spacial score (nSPS) is 19.4. The van der Waals surface area contributed by atoms with Gasteiger partial charge in [-0.2, -0.15) is 0 Å². The summed E-state index contributed by atoms with van der Waals surface area (Å²) in [6, 6.07) is 0. The number of nitrogens with zero attached hydrogens (tertiary/aromatic N) is 3. The molecule has 5 heteroatoms. The van der Waals surface area contributed by atoms with Gasteiger partial charge in [-0.1, -0.05) is 0 Å². The van der Waals surface area contributed by atoms with Crippen molar-refractivity contribution < 1.29 is 0 Å². The highest BCUT2D eigenvalue weighted by Crippen LogP contribution is 2.13. The molecule has 96 valence electrons. The predicted octanol–water partition coefficient (Wildman–Crippen LogP) is 2.20. The van der Waals surface area contributed by atoms with Gasteiger partial charge in [0.25, 0.3) is 0 Å². The number of hydrogen-bond donors (Lipinski definition) is 0. The fourth-order valence-corrected chi connectivity index (χ4v) is 3.24. The molecule has 0 radical (unpaired) electrons. The Balaban J connectivity index is 1.82. The fourth-order valence-electron chi connectivity index (χ4n) is 2.19. The van der Waals surface area contributed by atoms with Gasteiger partial charge in [-0.15, -0.1) is 22.9 Å². The Labute approximate surface area is 112 Å². The second-order valence-corrected chi connectivity index (χ2v) is 5.86. The number of halogens is 1. The summed E-state index contributed by atoms with van der Waals surface area (Å²) in [7, 11) is 0. The van der Waals surface area contributed by atoms with Crippen molar-refractivity contribution in [3.63, 3.8) is 0 Å². The van der Waals surface area contributed by atoms with Gasteiger partial charge in [-0.25, -0.2) is 4.98 Å². The van der Waals surface area contributed by atoms with Crippen molar-refractivity contribution in [2.24, 2.45) is 0 Å². The predicted molar refractivity (Wildman–Crippen MR) is 73.9 cm³/mol. The van der Waals surface area contributed by atoms with Gasteiger partial charge in [0.1, 0.15) is 5.01 Å². The molecule has 0 spiro atoms. The molecule has 1 aromatic heterocycles.